The number of benzene rings is 1. The third-order valence-corrected chi connectivity index (χ3v) is 3.63. The molecule has 21 heavy (non-hydrogen) atoms. The lowest BCUT2D eigenvalue weighted by atomic mass is 10.2. The van der Waals surface area contributed by atoms with Crippen molar-refractivity contribution in [2.24, 2.45) is 0 Å². The monoisotopic (exact) mass is 303 g/mol. The van der Waals surface area contributed by atoms with Gasteiger partial charge in [-0.1, -0.05) is 11.6 Å². The topological polar surface area (TPSA) is 64.3 Å². The third-order valence-electron chi connectivity index (χ3n) is 3.26. The zero-order chi connectivity index (χ0) is 15.0. The molecule has 0 aliphatic heterocycles. The Balaban J connectivity index is 2.07. The van der Waals surface area contributed by atoms with Crippen LogP contribution in [0.25, 0.3) is 5.78 Å². The van der Waals surface area contributed by atoms with E-state index in [9.17, 15) is 0 Å². The summed E-state index contributed by atoms with van der Waals surface area (Å²) in [5.74, 6) is 2.04. The number of halogens is 1. The van der Waals surface area contributed by atoms with Gasteiger partial charge in [0.2, 0.25) is 0 Å². The van der Waals surface area contributed by atoms with Crippen molar-refractivity contribution in [1.82, 2.24) is 19.6 Å². The number of aromatic nitrogens is 4. The molecule has 0 bridgehead atoms. The highest BCUT2D eigenvalue weighted by Gasteiger charge is 2.12. The second-order valence-electron chi connectivity index (χ2n) is 4.66. The molecule has 0 spiro atoms. The van der Waals surface area contributed by atoms with Crippen molar-refractivity contribution in [2.75, 3.05) is 12.4 Å². The van der Waals surface area contributed by atoms with Crippen LogP contribution in [0.1, 0.15) is 11.1 Å². The molecule has 0 fully saturated rings. The van der Waals surface area contributed by atoms with Crippen LogP contribution in [-0.4, -0.2) is 26.7 Å². The molecule has 0 atom stereocenters. The average molecular weight is 304 g/mol. The molecule has 0 saturated heterocycles. The molecule has 0 aliphatic rings. The van der Waals surface area contributed by atoms with Crippen molar-refractivity contribution in [3.05, 3.63) is 40.8 Å². The first-order valence-corrected chi connectivity index (χ1v) is 6.75. The summed E-state index contributed by atoms with van der Waals surface area (Å²) in [6, 6.07) is 5.84. The lowest BCUT2D eigenvalue weighted by molar-refractivity contribution is 0.412. The molecule has 0 saturated carbocycles. The molecular formula is C14H14ClN5O. The average Bonchev–Trinajstić information content (AvgIpc) is 2.92. The molecule has 3 aromatic rings. The highest BCUT2D eigenvalue weighted by atomic mass is 35.5. The van der Waals surface area contributed by atoms with Gasteiger partial charge in [-0.2, -0.15) is 19.6 Å². The van der Waals surface area contributed by atoms with Gasteiger partial charge in [-0.05, 0) is 37.6 Å². The van der Waals surface area contributed by atoms with E-state index in [0.717, 1.165) is 28.4 Å². The van der Waals surface area contributed by atoms with Crippen LogP contribution in [0.3, 0.4) is 0 Å². The molecule has 6 nitrogen and oxygen atoms in total. The maximum atomic E-state index is 6.14. The first kappa shape index (κ1) is 13.6. The molecule has 1 N–H and O–H groups in total. The van der Waals surface area contributed by atoms with Gasteiger partial charge in [0, 0.05) is 11.3 Å². The van der Waals surface area contributed by atoms with Crippen LogP contribution in [0.15, 0.2) is 24.5 Å². The summed E-state index contributed by atoms with van der Waals surface area (Å²) in [5.41, 5.74) is 2.76. The smallest absolute Gasteiger partial charge is 0.255 e. The predicted octanol–water partition coefficient (Wildman–Crippen LogP) is 3.15. The van der Waals surface area contributed by atoms with E-state index in [1.807, 2.05) is 32.0 Å². The first-order valence-electron chi connectivity index (χ1n) is 6.37. The fourth-order valence-corrected chi connectivity index (χ4v) is 2.30. The molecule has 0 aliphatic carbocycles. The number of methoxy groups -OCH3 is 1. The zero-order valence-corrected chi connectivity index (χ0v) is 12.6. The van der Waals surface area contributed by atoms with Crippen LogP contribution in [0.4, 0.5) is 11.5 Å². The zero-order valence-electron chi connectivity index (χ0n) is 11.9. The normalized spacial score (nSPS) is 10.9. The van der Waals surface area contributed by atoms with Crippen molar-refractivity contribution < 1.29 is 4.74 Å². The van der Waals surface area contributed by atoms with Crippen LogP contribution in [0.5, 0.6) is 5.75 Å². The minimum Gasteiger partial charge on any atom is -0.496 e. The Kier molecular flexibility index (Phi) is 3.39. The van der Waals surface area contributed by atoms with E-state index in [1.165, 1.54) is 6.33 Å². The molecule has 2 heterocycles. The van der Waals surface area contributed by atoms with Crippen LogP contribution in [-0.2, 0) is 0 Å². The van der Waals surface area contributed by atoms with Crippen molar-refractivity contribution in [3.63, 3.8) is 0 Å². The van der Waals surface area contributed by atoms with Crippen LogP contribution < -0.4 is 10.1 Å². The maximum Gasteiger partial charge on any atom is 0.255 e. The van der Waals surface area contributed by atoms with Crippen LogP contribution in [0.2, 0.25) is 5.15 Å². The Labute approximate surface area is 126 Å². The van der Waals surface area contributed by atoms with Gasteiger partial charge in [0.25, 0.3) is 5.78 Å². The van der Waals surface area contributed by atoms with Crippen molar-refractivity contribution in [3.8, 4) is 5.75 Å². The first-order chi connectivity index (χ1) is 10.1. The van der Waals surface area contributed by atoms with Crippen molar-refractivity contribution in [2.45, 2.75) is 13.8 Å². The maximum absolute atomic E-state index is 6.14. The molecular weight excluding hydrogens is 290 g/mol. The molecule has 0 unspecified atom stereocenters. The van der Waals surface area contributed by atoms with Gasteiger partial charge in [-0.3, -0.25) is 0 Å². The lowest BCUT2D eigenvalue weighted by Gasteiger charge is -2.13. The van der Waals surface area contributed by atoms with Gasteiger partial charge in [0.05, 0.1) is 7.11 Å². The molecule has 7 heteroatoms. The Morgan fingerprint density at radius 2 is 2.10 bits per heavy atom. The number of nitrogens with zero attached hydrogens (tertiary/aromatic N) is 4. The van der Waals surface area contributed by atoms with E-state index in [0.29, 0.717) is 10.9 Å². The highest BCUT2D eigenvalue weighted by molar-refractivity contribution is 6.30. The summed E-state index contributed by atoms with van der Waals surface area (Å²) in [6.07, 6.45) is 1.45. The number of ether oxygens (including phenoxy) is 1. The van der Waals surface area contributed by atoms with Crippen molar-refractivity contribution >= 4 is 28.9 Å². The summed E-state index contributed by atoms with van der Waals surface area (Å²) in [4.78, 5) is 8.24. The third kappa shape index (κ3) is 2.38. The van der Waals surface area contributed by atoms with Crippen LogP contribution in [0, 0.1) is 13.8 Å². The van der Waals surface area contributed by atoms with Gasteiger partial charge in [0.15, 0.2) is 0 Å². The largest absolute Gasteiger partial charge is 0.496 e. The lowest BCUT2D eigenvalue weighted by Crippen LogP contribution is -2.05. The minimum absolute atomic E-state index is 0.406. The van der Waals surface area contributed by atoms with Gasteiger partial charge in [-0.15, -0.1) is 0 Å². The summed E-state index contributed by atoms with van der Waals surface area (Å²) < 4.78 is 6.89. The van der Waals surface area contributed by atoms with Crippen LogP contribution >= 0.6 is 11.6 Å². The van der Waals surface area contributed by atoms with Crippen molar-refractivity contribution in [1.29, 1.82) is 0 Å². The Bertz CT molecular complexity index is 814. The number of aryl methyl sites for hydroxylation is 1. The second kappa shape index (κ2) is 5.21. The van der Waals surface area contributed by atoms with Gasteiger partial charge in [-0.25, -0.2) is 0 Å². The number of hydrogen-bond donors (Lipinski definition) is 1. The molecule has 0 amide bonds. The number of nitrogens with one attached hydrogen (secondary N) is 1. The van der Waals surface area contributed by atoms with E-state index in [4.69, 9.17) is 16.3 Å². The molecule has 0 radical (unpaired) electrons. The SMILES string of the molecule is COc1ccc(Nc2c(C)c(Cl)nc3ncnn23)cc1C. The van der Waals surface area contributed by atoms with E-state index in [1.54, 1.807) is 11.6 Å². The molecule has 2 aromatic heterocycles. The highest BCUT2D eigenvalue weighted by Crippen LogP contribution is 2.28. The summed E-state index contributed by atoms with van der Waals surface area (Å²) >= 11 is 6.14. The number of hydrogen-bond acceptors (Lipinski definition) is 5. The van der Waals surface area contributed by atoms with Gasteiger partial charge in [0.1, 0.15) is 23.0 Å². The molecule has 108 valence electrons. The Morgan fingerprint density at radius 3 is 2.81 bits per heavy atom. The predicted molar refractivity (Wildman–Crippen MR) is 81.5 cm³/mol. The standard InChI is InChI=1S/C14H14ClN5O/c1-8-6-10(4-5-11(8)21-3)18-13-9(2)12(15)19-14-16-7-17-20(13)14/h4-7,18H,1-3H3. The summed E-state index contributed by atoms with van der Waals surface area (Å²) in [6.45, 7) is 3.87. The van der Waals surface area contributed by atoms with E-state index in [2.05, 4.69) is 20.4 Å². The van der Waals surface area contributed by atoms with E-state index >= 15 is 0 Å². The quantitative estimate of drug-likeness (QED) is 0.753. The fraction of sp³-hybridized carbons (Fsp3) is 0.214. The van der Waals surface area contributed by atoms with Gasteiger partial charge < -0.3 is 10.1 Å². The Morgan fingerprint density at radius 1 is 1.29 bits per heavy atom. The van der Waals surface area contributed by atoms with Gasteiger partial charge >= 0.3 is 0 Å². The minimum atomic E-state index is 0.406. The summed E-state index contributed by atoms with van der Waals surface area (Å²) in [7, 11) is 1.65. The molecule has 3 rings (SSSR count). The van der Waals surface area contributed by atoms with E-state index in [-0.39, 0.29) is 0 Å². The fourth-order valence-electron chi connectivity index (χ4n) is 2.14. The Hall–Kier alpha value is -2.34. The number of anilines is 2. The second-order valence-corrected chi connectivity index (χ2v) is 5.02. The number of rotatable bonds is 3. The molecule has 1 aromatic carbocycles. The summed E-state index contributed by atoms with van der Waals surface area (Å²) in [5, 5.41) is 7.89. The number of fused-ring (bicyclic) bond motifs is 1. The van der Waals surface area contributed by atoms with E-state index < -0.39 is 0 Å².